The molecule has 2 nitrogen and oxygen atoms in total. The monoisotopic (exact) mass is 379 g/mol. The summed E-state index contributed by atoms with van der Waals surface area (Å²) in [7, 11) is 0. The van der Waals surface area contributed by atoms with Crippen molar-refractivity contribution in [3.63, 3.8) is 0 Å². The zero-order valence-electron chi connectivity index (χ0n) is 12.3. The molecule has 2 atom stereocenters. The van der Waals surface area contributed by atoms with Crippen LogP contribution in [-0.2, 0) is 11.3 Å². The van der Waals surface area contributed by atoms with Crippen LogP contribution < -0.4 is 0 Å². The van der Waals surface area contributed by atoms with E-state index in [2.05, 4.69) is 63.3 Å². The molecule has 2 aromatic rings. The summed E-state index contributed by atoms with van der Waals surface area (Å²) in [4.78, 5) is 2.64. The Kier molecular flexibility index (Phi) is 5.53. The van der Waals surface area contributed by atoms with E-state index < -0.39 is 0 Å². The van der Waals surface area contributed by atoms with Crippen LogP contribution >= 0.6 is 27.5 Å². The van der Waals surface area contributed by atoms with E-state index in [0.29, 0.717) is 0 Å². The standard InChI is InChI=1S/C18H19BrClNO/c19-18(15-6-8-16(20)9-7-15)17-13-21(10-11-22-17)12-14-4-2-1-3-5-14/h1-9,17-18H,10-13H2/t17-,18?/m0/s1. The zero-order valence-corrected chi connectivity index (χ0v) is 14.6. The molecule has 0 amide bonds. The lowest BCUT2D eigenvalue weighted by atomic mass is 10.1. The SMILES string of the molecule is Clc1ccc(C(Br)[C@@H]2CN(Cc3ccccc3)CCO2)cc1. The fourth-order valence-corrected chi connectivity index (χ4v) is 3.51. The van der Waals surface area contributed by atoms with Crippen LogP contribution in [-0.4, -0.2) is 30.7 Å². The lowest BCUT2D eigenvalue weighted by molar-refractivity contribution is -0.0310. The molecule has 3 rings (SSSR count). The Morgan fingerprint density at radius 2 is 1.86 bits per heavy atom. The third-order valence-electron chi connectivity index (χ3n) is 3.94. The van der Waals surface area contributed by atoms with E-state index in [1.165, 1.54) is 11.1 Å². The maximum Gasteiger partial charge on any atom is 0.0868 e. The molecule has 1 heterocycles. The van der Waals surface area contributed by atoms with Crippen molar-refractivity contribution in [2.75, 3.05) is 19.7 Å². The predicted octanol–water partition coefficient (Wildman–Crippen LogP) is 4.68. The molecule has 0 N–H and O–H groups in total. The minimum atomic E-state index is 0.152. The van der Waals surface area contributed by atoms with E-state index in [4.69, 9.17) is 16.3 Å². The summed E-state index contributed by atoms with van der Waals surface area (Å²) in [6, 6.07) is 18.6. The van der Waals surface area contributed by atoms with Gasteiger partial charge in [-0.15, -0.1) is 0 Å². The van der Waals surface area contributed by atoms with Crippen LogP contribution in [0.4, 0.5) is 0 Å². The van der Waals surface area contributed by atoms with Gasteiger partial charge in [0.05, 0.1) is 17.5 Å². The highest BCUT2D eigenvalue weighted by molar-refractivity contribution is 9.09. The summed E-state index contributed by atoms with van der Waals surface area (Å²) >= 11 is 9.75. The van der Waals surface area contributed by atoms with Crippen molar-refractivity contribution in [2.24, 2.45) is 0 Å². The van der Waals surface area contributed by atoms with Gasteiger partial charge in [-0.2, -0.15) is 0 Å². The number of alkyl halides is 1. The number of halogens is 2. The van der Waals surface area contributed by atoms with E-state index in [1.807, 2.05) is 12.1 Å². The normalized spacial score (nSPS) is 20.7. The molecular weight excluding hydrogens is 362 g/mol. The second kappa shape index (κ2) is 7.60. The van der Waals surface area contributed by atoms with Gasteiger partial charge in [0.2, 0.25) is 0 Å². The van der Waals surface area contributed by atoms with Crippen LogP contribution in [0.1, 0.15) is 16.0 Å². The average molecular weight is 381 g/mol. The molecule has 2 aromatic carbocycles. The van der Waals surface area contributed by atoms with Gasteiger partial charge >= 0.3 is 0 Å². The second-order valence-corrected chi connectivity index (χ2v) is 7.01. The Hall–Kier alpha value is -0.870. The van der Waals surface area contributed by atoms with Gasteiger partial charge in [0.15, 0.2) is 0 Å². The minimum Gasteiger partial charge on any atom is -0.374 e. The van der Waals surface area contributed by atoms with Crippen LogP contribution in [0, 0.1) is 0 Å². The lowest BCUT2D eigenvalue weighted by Gasteiger charge is -2.35. The van der Waals surface area contributed by atoms with Crippen molar-refractivity contribution in [3.05, 3.63) is 70.7 Å². The fourth-order valence-electron chi connectivity index (χ4n) is 2.76. The van der Waals surface area contributed by atoms with E-state index in [9.17, 15) is 0 Å². The number of hydrogen-bond donors (Lipinski definition) is 0. The molecule has 1 fully saturated rings. The number of rotatable bonds is 4. The van der Waals surface area contributed by atoms with Crippen LogP contribution in [0.5, 0.6) is 0 Å². The van der Waals surface area contributed by atoms with Crippen LogP contribution in [0.3, 0.4) is 0 Å². The average Bonchev–Trinajstić information content (AvgIpc) is 2.56. The molecule has 0 spiro atoms. The number of ether oxygens (including phenoxy) is 1. The smallest absolute Gasteiger partial charge is 0.0868 e. The van der Waals surface area contributed by atoms with Crippen LogP contribution in [0.25, 0.3) is 0 Å². The summed E-state index contributed by atoms with van der Waals surface area (Å²) < 4.78 is 5.97. The van der Waals surface area contributed by atoms with Gasteiger partial charge in [-0.3, -0.25) is 4.90 Å². The van der Waals surface area contributed by atoms with Gasteiger partial charge in [0, 0.05) is 24.7 Å². The summed E-state index contributed by atoms with van der Waals surface area (Å²) in [5.41, 5.74) is 2.55. The highest BCUT2D eigenvalue weighted by Crippen LogP contribution is 2.31. The van der Waals surface area contributed by atoms with Gasteiger partial charge in [0.1, 0.15) is 0 Å². The van der Waals surface area contributed by atoms with E-state index >= 15 is 0 Å². The van der Waals surface area contributed by atoms with Crippen molar-refractivity contribution in [1.82, 2.24) is 4.90 Å². The molecule has 22 heavy (non-hydrogen) atoms. The fraction of sp³-hybridized carbons (Fsp3) is 0.333. The molecule has 1 saturated heterocycles. The van der Waals surface area contributed by atoms with Crippen molar-refractivity contribution < 1.29 is 4.74 Å². The summed E-state index contributed by atoms with van der Waals surface area (Å²) in [6.07, 6.45) is 0.152. The van der Waals surface area contributed by atoms with Crippen molar-refractivity contribution >= 4 is 27.5 Å². The second-order valence-electron chi connectivity index (χ2n) is 5.58. The van der Waals surface area contributed by atoms with Crippen LogP contribution in [0.2, 0.25) is 5.02 Å². The van der Waals surface area contributed by atoms with Gasteiger partial charge in [0.25, 0.3) is 0 Å². The third kappa shape index (κ3) is 4.11. The third-order valence-corrected chi connectivity index (χ3v) is 5.31. The first-order valence-corrected chi connectivity index (χ1v) is 8.79. The molecule has 0 aromatic heterocycles. The number of nitrogens with zero attached hydrogens (tertiary/aromatic N) is 1. The molecule has 1 unspecified atom stereocenters. The minimum absolute atomic E-state index is 0.152. The molecular formula is C18H19BrClNO. The Bertz CT molecular complexity index is 590. The molecule has 0 radical (unpaired) electrons. The number of morpholine rings is 1. The maximum absolute atomic E-state index is 5.97. The first-order valence-electron chi connectivity index (χ1n) is 7.50. The maximum atomic E-state index is 5.97. The number of hydrogen-bond acceptors (Lipinski definition) is 2. The van der Waals surface area contributed by atoms with E-state index in [0.717, 1.165) is 31.3 Å². The topological polar surface area (TPSA) is 12.5 Å². The number of benzene rings is 2. The molecule has 0 bridgehead atoms. The molecule has 0 aliphatic carbocycles. The van der Waals surface area contributed by atoms with E-state index in [1.54, 1.807) is 0 Å². The summed E-state index contributed by atoms with van der Waals surface area (Å²) in [5.74, 6) is 0. The van der Waals surface area contributed by atoms with Crippen molar-refractivity contribution in [3.8, 4) is 0 Å². The first kappa shape index (κ1) is 16.0. The Morgan fingerprint density at radius 1 is 1.14 bits per heavy atom. The summed E-state index contributed by atoms with van der Waals surface area (Å²) in [6.45, 7) is 3.65. The van der Waals surface area contributed by atoms with Crippen molar-refractivity contribution in [2.45, 2.75) is 17.5 Å². The Morgan fingerprint density at radius 3 is 2.59 bits per heavy atom. The molecule has 116 valence electrons. The Labute approximate surface area is 145 Å². The highest BCUT2D eigenvalue weighted by atomic mass is 79.9. The van der Waals surface area contributed by atoms with Crippen molar-refractivity contribution in [1.29, 1.82) is 0 Å². The first-order chi connectivity index (χ1) is 10.7. The summed E-state index contributed by atoms with van der Waals surface area (Å²) in [5, 5.41) is 0.763. The molecule has 4 heteroatoms. The largest absolute Gasteiger partial charge is 0.374 e. The molecule has 1 aliphatic rings. The van der Waals surface area contributed by atoms with Gasteiger partial charge in [-0.25, -0.2) is 0 Å². The molecule has 1 aliphatic heterocycles. The van der Waals surface area contributed by atoms with Gasteiger partial charge < -0.3 is 4.74 Å². The van der Waals surface area contributed by atoms with E-state index in [-0.39, 0.29) is 10.9 Å². The zero-order chi connectivity index (χ0) is 15.4. The predicted molar refractivity (Wildman–Crippen MR) is 94.6 cm³/mol. The lowest BCUT2D eigenvalue weighted by Crippen LogP contribution is -2.43. The highest BCUT2D eigenvalue weighted by Gasteiger charge is 2.27. The van der Waals surface area contributed by atoms with Gasteiger partial charge in [-0.05, 0) is 23.3 Å². The quantitative estimate of drug-likeness (QED) is 0.714. The molecule has 0 saturated carbocycles. The van der Waals surface area contributed by atoms with Crippen LogP contribution in [0.15, 0.2) is 54.6 Å². The Balaban J connectivity index is 1.63. The van der Waals surface area contributed by atoms with Gasteiger partial charge in [-0.1, -0.05) is 70.0 Å².